The molecule has 2 aromatic carbocycles. The van der Waals surface area contributed by atoms with Gasteiger partial charge in [-0.25, -0.2) is 13.8 Å². The number of fused-ring (bicyclic) bond motifs is 1. The molecule has 0 aliphatic carbocycles. The minimum absolute atomic E-state index is 0.169. The van der Waals surface area contributed by atoms with Crippen molar-refractivity contribution in [2.45, 2.75) is 12.4 Å². The van der Waals surface area contributed by atoms with E-state index < -0.39 is 5.82 Å². The summed E-state index contributed by atoms with van der Waals surface area (Å²) in [7, 11) is 0. The van der Waals surface area contributed by atoms with Gasteiger partial charge in [-0.05, 0) is 28.1 Å². The van der Waals surface area contributed by atoms with Crippen molar-refractivity contribution in [1.29, 1.82) is 0 Å². The molecule has 0 saturated carbocycles. The van der Waals surface area contributed by atoms with Gasteiger partial charge in [0, 0.05) is 11.6 Å². The van der Waals surface area contributed by atoms with E-state index in [1.165, 1.54) is 12.1 Å². The van der Waals surface area contributed by atoms with Crippen LogP contribution in [0.25, 0.3) is 11.0 Å². The van der Waals surface area contributed by atoms with E-state index in [2.05, 4.69) is 20.9 Å². The highest BCUT2D eigenvalue weighted by atomic mass is 79.9. The van der Waals surface area contributed by atoms with Crippen molar-refractivity contribution in [3.05, 3.63) is 63.9 Å². The van der Waals surface area contributed by atoms with Gasteiger partial charge in [0.05, 0.1) is 27.9 Å². The summed E-state index contributed by atoms with van der Waals surface area (Å²) in [6.45, 7) is 0.256. The summed E-state index contributed by atoms with van der Waals surface area (Å²) in [5.41, 5.74) is 1.72. The van der Waals surface area contributed by atoms with Crippen LogP contribution in [0.3, 0.4) is 0 Å². The molecule has 1 aromatic heterocycles. The molecule has 0 spiro atoms. The predicted molar refractivity (Wildman–Crippen MR) is 82.5 cm³/mol. The van der Waals surface area contributed by atoms with Gasteiger partial charge in [-0.15, -0.1) is 11.6 Å². The Kier molecular flexibility index (Phi) is 3.95. The van der Waals surface area contributed by atoms with E-state index in [9.17, 15) is 8.78 Å². The fourth-order valence-electron chi connectivity index (χ4n) is 2.25. The number of halogens is 4. The van der Waals surface area contributed by atoms with Gasteiger partial charge in [-0.2, -0.15) is 0 Å². The summed E-state index contributed by atoms with van der Waals surface area (Å²) < 4.78 is 29.6. The maximum Gasteiger partial charge on any atom is 0.139 e. The third kappa shape index (κ3) is 2.68. The Labute approximate surface area is 133 Å². The summed E-state index contributed by atoms with van der Waals surface area (Å²) in [5.74, 6) is 0.0470. The Morgan fingerprint density at radius 3 is 2.62 bits per heavy atom. The lowest BCUT2D eigenvalue weighted by molar-refractivity contribution is 0.598. The second kappa shape index (κ2) is 5.73. The van der Waals surface area contributed by atoms with E-state index in [0.29, 0.717) is 26.9 Å². The van der Waals surface area contributed by atoms with Crippen LogP contribution in [-0.4, -0.2) is 9.55 Å². The number of alkyl halides is 1. The van der Waals surface area contributed by atoms with Crippen LogP contribution in [0, 0.1) is 11.6 Å². The molecule has 0 unspecified atom stereocenters. The molecule has 0 radical (unpaired) electrons. The molecular weight excluding hydrogens is 362 g/mol. The molecule has 0 saturated heterocycles. The van der Waals surface area contributed by atoms with E-state index in [1.54, 1.807) is 28.8 Å². The molecule has 0 N–H and O–H groups in total. The first kappa shape index (κ1) is 14.5. The standard InChI is InChI=1S/C15H10BrClF2N2/c16-10-5-13-14(6-12(10)19)21(15(7-17)20-13)8-9-3-1-2-4-11(9)18/h1-6H,7-8H2. The van der Waals surface area contributed by atoms with Crippen molar-refractivity contribution in [2.75, 3.05) is 0 Å². The maximum atomic E-state index is 13.8. The minimum Gasteiger partial charge on any atom is -0.322 e. The highest BCUT2D eigenvalue weighted by Crippen LogP contribution is 2.26. The molecular formula is C15H10BrClF2N2. The highest BCUT2D eigenvalue weighted by Gasteiger charge is 2.14. The van der Waals surface area contributed by atoms with E-state index in [4.69, 9.17) is 11.6 Å². The molecule has 2 nitrogen and oxygen atoms in total. The lowest BCUT2D eigenvalue weighted by Crippen LogP contribution is -2.05. The first-order valence-electron chi connectivity index (χ1n) is 6.23. The molecule has 21 heavy (non-hydrogen) atoms. The van der Waals surface area contributed by atoms with Crippen molar-refractivity contribution in [2.24, 2.45) is 0 Å². The van der Waals surface area contributed by atoms with Crippen LogP contribution in [0.2, 0.25) is 0 Å². The predicted octanol–water partition coefficient (Wildman–Crippen LogP) is 4.86. The van der Waals surface area contributed by atoms with Crippen molar-refractivity contribution in [1.82, 2.24) is 9.55 Å². The fourth-order valence-corrected chi connectivity index (χ4v) is 2.78. The lowest BCUT2D eigenvalue weighted by Gasteiger charge is -2.09. The van der Waals surface area contributed by atoms with Crippen LogP contribution in [0.5, 0.6) is 0 Å². The zero-order valence-corrected chi connectivity index (χ0v) is 13.1. The molecule has 1 heterocycles. The van der Waals surface area contributed by atoms with Crippen LogP contribution in [0.1, 0.15) is 11.4 Å². The second-order valence-electron chi connectivity index (χ2n) is 4.59. The molecule has 0 aliphatic rings. The summed E-state index contributed by atoms with van der Waals surface area (Å²) in [6, 6.07) is 9.45. The molecule has 0 atom stereocenters. The van der Waals surface area contributed by atoms with E-state index in [-0.39, 0.29) is 18.2 Å². The van der Waals surface area contributed by atoms with Crippen LogP contribution >= 0.6 is 27.5 Å². The lowest BCUT2D eigenvalue weighted by atomic mass is 10.2. The van der Waals surface area contributed by atoms with Crippen molar-refractivity contribution in [3.63, 3.8) is 0 Å². The normalized spacial score (nSPS) is 11.2. The third-order valence-corrected chi connectivity index (χ3v) is 4.12. The quantitative estimate of drug-likeness (QED) is 0.601. The Hall–Kier alpha value is -1.46. The average molecular weight is 372 g/mol. The Morgan fingerprint density at radius 1 is 1.14 bits per heavy atom. The summed E-state index contributed by atoms with van der Waals surface area (Å²) in [6.07, 6.45) is 0. The monoisotopic (exact) mass is 370 g/mol. The fraction of sp³-hybridized carbons (Fsp3) is 0.133. The Balaban J connectivity index is 2.16. The average Bonchev–Trinajstić information content (AvgIpc) is 2.79. The molecule has 0 bridgehead atoms. The van der Waals surface area contributed by atoms with Crippen molar-refractivity contribution in [3.8, 4) is 0 Å². The number of aromatic nitrogens is 2. The molecule has 0 aliphatic heterocycles. The number of imidazole rings is 1. The van der Waals surface area contributed by atoms with Gasteiger partial charge in [0.15, 0.2) is 0 Å². The van der Waals surface area contributed by atoms with E-state index >= 15 is 0 Å². The molecule has 0 amide bonds. The number of rotatable bonds is 3. The van der Waals surface area contributed by atoms with Gasteiger partial charge in [0.2, 0.25) is 0 Å². The van der Waals surface area contributed by atoms with Gasteiger partial charge in [0.1, 0.15) is 17.5 Å². The van der Waals surface area contributed by atoms with Crippen LogP contribution in [0.4, 0.5) is 8.78 Å². The van der Waals surface area contributed by atoms with Crippen LogP contribution in [-0.2, 0) is 12.4 Å². The van der Waals surface area contributed by atoms with E-state index in [1.807, 2.05) is 0 Å². The highest BCUT2D eigenvalue weighted by molar-refractivity contribution is 9.10. The summed E-state index contributed by atoms with van der Waals surface area (Å²) in [5, 5.41) is 0. The topological polar surface area (TPSA) is 17.8 Å². The molecule has 3 aromatic rings. The summed E-state index contributed by atoms with van der Waals surface area (Å²) >= 11 is 9.04. The Morgan fingerprint density at radius 2 is 1.90 bits per heavy atom. The molecule has 6 heteroatoms. The largest absolute Gasteiger partial charge is 0.322 e. The van der Waals surface area contributed by atoms with Crippen molar-refractivity contribution >= 4 is 38.6 Å². The van der Waals surface area contributed by atoms with Gasteiger partial charge < -0.3 is 4.57 Å². The third-order valence-electron chi connectivity index (χ3n) is 3.28. The van der Waals surface area contributed by atoms with Crippen molar-refractivity contribution < 1.29 is 8.78 Å². The molecule has 3 rings (SSSR count). The SMILES string of the molecule is Fc1cc2c(cc1Br)nc(CCl)n2Cc1ccccc1F. The number of benzene rings is 2. The van der Waals surface area contributed by atoms with Crippen LogP contribution in [0.15, 0.2) is 40.9 Å². The zero-order valence-electron chi connectivity index (χ0n) is 10.8. The van der Waals surface area contributed by atoms with Gasteiger partial charge in [-0.3, -0.25) is 0 Å². The minimum atomic E-state index is -0.390. The molecule has 108 valence electrons. The summed E-state index contributed by atoms with van der Waals surface area (Å²) in [4.78, 5) is 4.37. The smallest absolute Gasteiger partial charge is 0.139 e. The number of nitrogens with zero attached hydrogens (tertiary/aromatic N) is 2. The number of hydrogen-bond donors (Lipinski definition) is 0. The first-order chi connectivity index (χ1) is 10.1. The number of hydrogen-bond acceptors (Lipinski definition) is 1. The Bertz CT molecular complexity index is 817. The van der Waals surface area contributed by atoms with Gasteiger partial charge >= 0.3 is 0 Å². The maximum absolute atomic E-state index is 13.8. The zero-order chi connectivity index (χ0) is 15.0. The first-order valence-corrected chi connectivity index (χ1v) is 7.56. The van der Waals surface area contributed by atoms with Crippen LogP contribution < -0.4 is 0 Å². The van der Waals surface area contributed by atoms with Gasteiger partial charge in [0.25, 0.3) is 0 Å². The second-order valence-corrected chi connectivity index (χ2v) is 5.72. The van der Waals surface area contributed by atoms with Gasteiger partial charge in [-0.1, -0.05) is 18.2 Å². The van der Waals surface area contributed by atoms with E-state index in [0.717, 1.165) is 0 Å². The molecule has 0 fully saturated rings.